The fourth-order valence-electron chi connectivity index (χ4n) is 2.37. The molecule has 0 aliphatic carbocycles. The topological polar surface area (TPSA) is 172 Å². The van der Waals surface area contributed by atoms with Crippen LogP contribution < -0.4 is 11.1 Å². The third-order valence-corrected chi connectivity index (χ3v) is 3.57. The Labute approximate surface area is 126 Å². The number of methoxy groups -OCH3 is 1. The largest absolute Gasteiger partial charge is 0.477 e. The van der Waals surface area contributed by atoms with E-state index >= 15 is 0 Å². The fourth-order valence-corrected chi connectivity index (χ4v) is 2.37. The number of ether oxygens (including phenoxy) is 2. The van der Waals surface area contributed by atoms with E-state index in [1.165, 1.54) is 6.92 Å². The monoisotopic (exact) mass is 322 g/mol. The number of carbonyl (C=O) groups excluding carboxylic acids is 1. The summed E-state index contributed by atoms with van der Waals surface area (Å²) in [5.41, 5.74) is 5.26. The zero-order valence-electron chi connectivity index (χ0n) is 12.3. The van der Waals surface area contributed by atoms with Gasteiger partial charge in [0.1, 0.15) is 12.2 Å². The summed E-state index contributed by atoms with van der Waals surface area (Å²) in [4.78, 5) is 22.6. The SMILES string of the molecule is COC1(C(=O)O)CC(O)C(NC(C)=O)C(C(O)C(O)CN)O1. The predicted octanol–water partition coefficient (Wildman–Crippen LogP) is -3.25. The van der Waals surface area contributed by atoms with Crippen molar-refractivity contribution in [3.8, 4) is 0 Å². The van der Waals surface area contributed by atoms with Crippen LogP contribution >= 0.6 is 0 Å². The molecule has 22 heavy (non-hydrogen) atoms. The molecule has 128 valence electrons. The van der Waals surface area contributed by atoms with Gasteiger partial charge in [-0.25, -0.2) is 4.79 Å². The van der Waals surface area contributed by atoms with E-state index in [4.69, 9.17) is 15.2 Å². The van der Waals surface area contributed by atoms with Crippen molar-refractivity contribution in [2.45, 2.75) is 49.6 Å². The van der Waals surface area contributed by atoms with Gasteiger partial charge in [-0.1, -0.05) is 0 Å². The van der Waals surface area contributed by atoms with Crippen molar-refractivity contribution < 1.29 is 39.5 Å². The van der Waals surface area contributed by atoms with E-state index < -0.39 is 54.5 Å². The molecule has 10 heteroatoms. The standard InChI is InChI=1S/C12H22N2O8/c1-5(15)14-8-6(16)3-12(21-2,11(19)20)22-10(8)9(18)7(17)4-13/h6-10,16-18H,3-4,13H2,1-2H3,(H,14,15)(H,19,20). The number of carboxylic acid groups (broad SMARTS) is 1. The van der Waals surface area contributed by atoms with Crippen molar-refractivity contribution in [3.05, 3.63) is 0 Å². The van der Waals surface area contributed by atoms with Crippen molar-refractivity contribution in [1.29, 1.82) is 0 Å². The molecule has 0 spiro atoms. The van der Waals surface area contributed by atoms with Gasteiger partial charge in [-0.15, -0.1) is 0 Å². The van der Waals surface area contributed by atoms with Gasteiger partial charge in [0.25, 0.3) is 5.79 Å². The molecule has 1 amide bonds. The molecule has 0 bridgehead atoms. The predicted molar refractivity (Wildman–Crippen MR) is 71.5 cm³/mol. The lowest BCUT2D eigenvalue weighted by molar-refractivity contribution is -0.302. The Bertz CT molecular complexity index is 420. The number of carbonyl (C=O) groups is 2. The van der Waals surface area contributed by atoms with Crippen molar-refractivity contribution in [2.24, 2.45) is 5.73 Å². The molecule has 1 heterocycles. The summed E-state index contributed by atoms with van der Waals surface area (Å²) in [6.45, 7) is 0.863. The second-order valence-corrected chi connectivity index (χ2v) is 5.14. The molecule has 1 saturated heterocycles. The fraction of sp³-hybridized carbons (Fsp3) is 0.833. The smallest absolute Gasteiger partial charge is 0.364 e. The van der Waals surface area contributed by atoms with Gasteiger partial charge in [0.2, 0.25) is 5.91 Å². The minimum atomic E-state index is -2.20. The molecule has 10 nitrogen and oxygen atoms in total. The van der Waals surface area contributed by atoms with Crippen molar-refractivity contribution in [3.63, 3.8) is 0 Å². The number of carboxylic acids is 1. The minimum absolute atomic E-state index is 0.322. The highest BCUT2D eigenvalue weighted by molar-refractivity contribution is 5.76. The molecular weight excluding hydrogens is 300 g/mol. The molecule has 0 aromatic heterocycles. The summed E-state index contributed by atoms with van der Waals surface area (Å²) >= 11 is 0. The first-order valence-corrected chi connectivity index (χ1v) is 6.66. The van der Waals surface area contributed by atoms with Crippen LogP contribution in [0.3, 0.4) is 0 Å². The zero-order chi connectivity index (χ0) is 17.1. The minimum Gasteiger partial charge on any atom is -0.477 e. The molecule has 0 radical (unpaired) electrons. The van der Waals surface area contributed by atoms with Crippen molar-refractivity contribution >= 4 is 11.9 Å². The van der Waals surface area contributed by atoms with Crippen LogP contribution in [0.15, 0.2) is 0 Å². The normalized spacial score (nSPS) is 34.7. The summed E-state index contributed by atoms with van der Waals surface area (Å²) < 4.78 is 10.1. The molecule has 6 atom stereocenters. The molecule has 6 unspecified atom stereocenters. The number of nitrogens with one attached hydrogen (secondary N) is 1. The lowest BCUT2D eigenvalue weighted by Crippen LogP contribution is -2.67. The first-order chi connectivity index (χ1) is 10.2. The Kier molecular flexibility index (Phi) is 6.23. The molecule has 1 aliphatic rings. The molecular formula is C12H22N2O8. The highest BCUT2D eigenvalue weighted by atomic mass is 16.7. The zero-order valence-corrected chi connectivity index (χ0v) is 12.3. The second kappa shape index (κ2) is 7.31. The first-order valence-electron chi connectivity index (χ1n) is 6.66. The third kappa shape index (κ3) is 3.72. The summed E-state index contributed by atoms with van der Waals surface area (Å²) in [5, 5.41) is 41.5. The van der Waals surface area contributed by atoms with Crippen molar-refractivity contribution in [1.82, 2.24) is 5.32 Å². The van der Waals surface area contributed by atoms with Gasteiger partial charge in [0.05, 0.1) is 18.2 Å². The second-order valence-electron chi connectivity index (χ2n) is 5.14. The maximum atomic E-state index is 11.4. The lowest BCUT2D eigenvalue weighted by Gasteiger charge is -2.46. The van der Waals surface area contributed by atoms with E-state index in [-0.39, 0.29) is 6.54 Å². The Balaban J connectivity index is 3.14. The molecule has 1 aliphatic heterocycles. The van der Waals surface area contributed by atoms with Crippen LogP contribution in [-0.4, -0.2) is 82.2 Å². The highest BCUT2D eigenvalue weighted by Gasteiger charge is 2.55. The van der Waals surface area contributed by atoms with Crippen LogP contribution in [0, 0.1) is 0 Å². The number of aliphatic hydroxyl groups is 3. The van der Waals surface area contributed by atoms with E-state index in [1.807, 2.05) is 0 Å². The Morgan fingerprint density at radius 3 is 2.50 bits per heavy atom. The number of nitrogens with two attached hydrogens (primary N) is 1. The number of rotatable bonds is 6. The molecule has 1 fully saturated rings. The molecule has 0 aromatic carbocycles. The number of hydrogen-bond acceptors (Lipinski definition) is 8. The summed E-state index contributed by atoms with van der Waals surface area (Å²) in [7, 11) is 1.07. The third-order valence-electron chi connectivity index (χ3n) is 3.57. The van der Waals surface area contributed by atoms with Gasteiger partial charge >= 0.3 is 5.97 Å². The molecule has 0 aromatic rings. The number of aliphatic carboxylic acids is 1. The van der Waals surface area contributed by atoms with Crippen LogP contribution in [-0.2, 0) is 19.1 Å². The van der Waals surface area contributed by atoms with Gasteiger partial charge in [-0.05, 0) is 0 Å². The number of hydrogen-bond donors (Lipinski definition) is 6. The Morgan fingerprint density at radius 1 is 1.50 bits per heavy atom. The van der Waals surface area contributed by atoms with Crippen LogP contribution in [0.5, 0.6) is 0 Å². The van der Waals surface area contributed by atoms with Gasteiger partial charge in [-0.3, -0.25) is 4.79 Å². The Morgan fingerprint density at radius 2 is 2.09 bits per heavy atom. The number of aliphatic hydroxyl groups excluding tert-OH is 3. The van der Waals surface area contributed by atoms with Crippen LogP contribution in [0.25, 0.3) is 0 Å². The van der Waals surface area contributed by atoms with Gasteiger partial charge in [-0.2, -0.15) is 0 Å². The lowest BCUT2D eigenvalue weighted by atomic mass is 9.88. The van der Waals surface area contributed by atoms with Crippen molar-refractivity contribution in [2.75, 3.05) is 13.7 Å². The van der Waals surface area contributed by atoms with Gasteiger partial charge in [0.15, 0.2) is 0 Å². The van der Waals surface area contributed by atoms with E-state index in [0.717, 1.165) is 7.11 Å². The van der Waals surface area contributed by atoms with Crippen LogP contribution in [0.4, 0.5) is 0 Å². The molecule has 0 saturated carbocycles. The van der Waals surface area contributed by atoms with Crippen LogP contribution in [0.1, 0.15) is 13.3 Å². The van der Waals surface area contributed by atoms with Gasteiger partial charge < -0.3 is 41.0 Å². The quantitative estimate of drug-likeness (QED) is 0.294. The van der Waals surface area contributed by atoms with Crippen LogP contribution in [0.2, 0.25) is 0 Å². The first kappa shape index (κ1) is 18.7. The maximum Gasteiger partial charge on any atom is 0.364 e. The van der Waals surface area contributed by atoms with E-state index in [2.05, 4.69) is 5.32 Å². The maximum absolute atomic E-state index is 11.4. The van der Waals surface area contributed by atoms with E-state index in [9.17, 15) is 30.0 Å². The molecule has 1 rings (SSSR count). The summed E-state index contributed by atoms with van der Waals surface area (Å²) in [6.07, 6.45) is -6.34. The highest BCUT2D eigenvalue weighted by Crippen LogP contribution is 2.32. The average molecular weight is 322 g/mol. The number of amides is 1. The summed E-state index contributed by atoms with van der Waals surface area (Å²) in [5.74, 6) is -4.23. The van der Waals surface area contributed by atoms with Gasteiger partial charge in [0, 0.05) is 27.0 Å². The summed E-state index contributed by atoms with van der Waals surface area (Å²) in [6, 6.07) is -1.13. The van der Waals surface area contributed by atoms with E-state index in [1.54, 1.807) is 0 Å². The Hall–Kier alpha value is -1.30. The van der Waals surface area contributed by atoms with E-state index in [0.29, 0.717) is 0 Å². The average Bonchev–Trinajstić information content (AvgIpc) is 2.46. The molecule has 7 N–H and O–H groups in total.